The fraction of sp³-hybridized carbons (Fsp3) is 0.632. The predicted molar refractivity (Wildman–Crippen MR) is 87.8 cm³/mol. The first-order chi connectivity index (χ1) is 11.8. The van der Waals surface area contributed by atoms with Crippen LogP contribution in [0, 0.1) is 11.3 Å². The first kappa shape index (κ1) is 16.9. The summed E-state index contributed by atoms with van der Waals surface area (Å²) in [4.78, 5) is 12.8. The SMILES string of the molecule is O=C(NC1(c2cccc(C(F)(F)F)c2)CCC1)C1CC12CCNCC2. The zero-order chi connectivity index (χ0) is 17.7. The maximum absolute atomic E-state index is 13.0. The molecule has 1 aliphatic heterocycles. The largest absolute Gasteiger partial charge is 0.416 e. The molecule has 1 aromatic rings. The topological polar surface area (TPSA) is 41.1 Å². The van der Waals surface area contributed by atoms with Gasteiger partial charge >= 0.3 is 6.18 Å². The quantitative estimate of drug-likeness (QED) is 0.873. The van der Waals surface area contributed by atoms with E-state index in [2.05, 4.69) is 10.6 Å². The Labute approximate surface area is 145 Å². The average Bonchev–Trinajstić information content (AvgIpc) is 3.24. The van der Waals surface area contributed by atoms with Crippen molar-refractivity contribution in [3.05, 3.63) is 35.4 Å². The molecule has 25 heavy (non-hydrogen) atoms. The third-order valence-electron chi connectivity index (χ3n) is 6.42. The molecule has 1 aromatic carbocycles. The van der Waals surface area contributed by atoms with Gasteiger partial charge in [-0.1, -0.05) is 12.1 Å². The summed E-state index contributed by atoms with van der Waals surface area (Å²) in [6.45, 7) is 1.89. The summed E-state index contributed by atoms with van der Waals surface area (Å²) in [6, 6.07) is 5.44. The van der Waals surface area contributed by atoms with Crippen LogP contribution in [-0.2, 0) is 16.5 Å². The Balaban J connectivity index is 1.51. The Bertz CT molecular complexity index is 675. The van der Waals surface area contributed by atoms with Crippen molar-refractivity contribution in [3.63, 3.8) is 0 Å². The third-order valence-corrected chi connectivity index (χ3v) is 6.42. The van der Waals surface area contributed by atoms with Crippen molar-refractivity contribution in [1.29, 1.82) is 0 Å². The highest BCUT2D eigenvalue weighted by Gasteiger charge is 2.58. The van der Waals surface area contributed by atoms with E-state index in [-0.39, 0.29) is 17.2 Å². The van der Waals surface area contributed by atoms with Crippen LogP contribution >= 0.6 is 0 Å². The van der Waals surface area contributed by atoms with Crippen molar-refractivity contribution in [3.8, 4) is 0 Å². The lowest BCUT2D eigenvalue weighted by atomic mass is 9.71. The highest BCUT2D eigenvalue weighted by atomic mass is 19.4. The van der Waals surface area contributed by atoms with Gasteiger partial charge < -0.3 is 10.6 Å². The molecule has 2 N–H and O–H groups in total. The van der Waals surface area contributed by atoms with Crippen molar-refractivity contribution in [2.45, 2.75) is 50.2 Å². The number of alkyl halides is 3. The van der Waals surface area contributed by atoms with Gasteiger partial charge in [0.05, 0.1) is 11.1 Å². The molecule has 1 heterocycles. The summed E-state index contributed by atoms with van der Waals surface area (Å²) < 4.78 is 39.1. The number of benzene rings is 1. The van der Waals surface area contributed by atoms with Crippen molar-refractivity contribution < 1.29 is 18.0 Å². The Kier molecular flexibility index (Phi) is 3.87. The lowest BCUT2D eigenvalue weighted by Crippen LogP contribution is -2.52. The number of amides is 1. The van der Waals surface area contributed by atoms with Crippen LogP contribution < -0.4 is 10.6 Å². The summed E-state index contributed by atoms with van der Waals surface area (Å²) >= 11 is 0. The zero-order valence-electron chi connectivity index (χ0n) is 14.1. The van der Waals surface area contributed by atoms with E-state index in [0.29, 0.717) is 18.4 Å². The Morgan fingerprint density at radius 1 is 1.16 bits per heavy atom. The van der Waals surface area contributed by atoms with E-state index >= 15 is 0 Å². The van der Waals surface area contributed by atoms with Gasteiger partial charge in [0.2, 0.25) is 5.91 Å². The maximum Gasteiger partial charge on any atom is 0.416 e. The number of halogens is 3. The van der Waals surface area contributed by atoms with Gasteiger partial charge in [0.15, 0.2) is 0 Å². The second-order valence-electron chi connectivity index (χ2n) is 7.87. The van der Waals surface area contributed by atoms with E-state index in [0.717, 1.165) is 44.8 Å². The molecule has 4 rings (SSSR count). The van der Waals surface area contributed by atoms with Crippen LogP contribution in [0.2, 0.25) is 0 Å². The fourth-order valence-corrected chi connectivity index (χ4v) is 4.53. The number of rotatable bonds is 3. The van der Waals surface area contributed by atoms with Crippen molar-refractivity contribution >= 4 is 5.91 Å². The minimum Gasteiger partial charge on any atom is -0.346 e. The molecule has 2 aliphatic carbocycles. The molecule has 136 valence electrons. The van der Waals surface area contributed by atoms with E-state index in [9.17, 15) is 18.0 Å². The number of hydrogen-bond donors (Lipinski definition) is 2. The van der Waals surface area contributed by atoms with Gasteiger partial charge in [0.25, 0.3) is 0 Å². The predicted octanol–water partition coefficient (Wildman–Crippen LogP) is 3.59. The van der Waals surface area contributed by atoms with Crippen molar-refractivity contribution in [1.82, 2.24) is 10.6 Å². The smallest absolute Gasteiger partial charge is 0.346 e. The maximum atomic E-state index is 13.0. The van der Waals surface area contributed by atoms with Gasteiger partial charge in [-0.05, 0) is 74.7 Å². The van der Waals surface area contributed by atoms with E-state index in [1.807, 2.05) is 0 Å². The van der Waals surface area contributed by atoms with Crippen LogP contribution in [0.4, 0.5) is 13.2 Å². The average molecular weight is 352 g/mol. The number of nitrogens with one attached hydrogen (secondary N) is 2. The number of carbonyl (C=O) groups excluding carboxylic acids is 1. The van der Waals surface area contributed by atoms with Crippen LogP contribution in [0.1, 0.15) is 49.7 Å². The Hall–Kier alpha value is -1.56. The second-order valence-corrected chi connectivity index (χ2v) is 7.87. The molecule has 1 unspecified atom stereocenters. The van der Waals surface area contributed by atoms with Gasteiger partial charge in [0, 0.05) is 5.92 Å². The molecule has 3 nitrogen and oxygen atoms in total. The molecule has 0 bridgehead atoms. The lowest BCUT2D eigenvalue weighted by molar-refractivity contribution is -0.137. The fourth-order valence-electron chi connectivity index (χ4n) is 4.53. The normalized spacial score (nSPS) is 26.8. The number of carbonyl (C=O) groups is 1. The van der Waals surface area contributed by atoms with Gasteiger partial charge in [-0.2, -0.15) is 13.2 Å². The summed E-state index contributed by atoms with van der Waals surface area (Å²) in [5.74, 6) is 0.0527. The monoisotopic (exact) mass is 352 g/mol. The number of piperidine rings is 1. The summed E-state index contributed by atoms with van der Waals surface area (Å²) in [5.41, 5.74) is -0.544. The Morgan fingerprint density at radius 2 is 1.88 bits per heavy atom. The van der Waals surface area contributed by atoms with E-state index in [1.54, 1.807) is 6.07 Å². The van der Waals surface area contributed by atoms with Crippen LogP contribution in [0.3, 0.4) is 0 Å². The molecule has 0 aromatic heterocycles. The molecule has 2 saturated carbocycles. The van der Waals surface area contributed by atoms with Crippen LogP contribution in [0.15, 0.2) is 24.3 Å². The molecule has 1 atom stereocenters. The van der Waals surface area contributed by atoms with Gasteiger partial charge in [-0.15, -0.1) is 0 Å². The molecule has 1 spiro atoms. The standard InChI is InChI=1S/C19H23F3N2O/c20-19(21,22)14-4-1-3-13(11-14)18(5-2-6-18)24-16(25)15-12-17(15)7-9-23-10-8-17/h1,3-4,11,15,23H,2,5-10,12H2,(H,24,25). The van der Waals surface area contributed by atoms with Gasteiger partial charge in [-0.25, -0.2) is 0 Å². The first-order valence-corrected chi connectivity index (χ1v) is 9.05. The molecule has 1 amide bonds. The highest BCUT2D eigenvalue weighted by molar-refractivity contribution is 5.83. The Morgan fingerprint density at radius 3 is 2.48 bits per heavy atom. The molecular formula is C19H23F3N2O. The van der Waals surface area contributed by atoms with E-state index in [1.165, 1.54) is 12.1 Å². The molecule has 3 fully saturated rings. The van der Waals surface area contributed by atoms with Crippen LogP contribution in [0.5, 0.6) is 0 Å². The lowest BCUT2D eigenvalue weighted by Gasteiger charge is -2.43. The zero-order valence-corrected chi connectivity index (χ0v) is 14.1. The minimum absolute atomic E-state index is 0.0258. The van der Waals surface area contributed by atoms with Crippen molar-refractivity contribution in [2.75, 3.05) is 13.1 Å². The van der Waals surface area contributed by atoms with Crippen LogP contribution in [0.25, 0.3) is 0 Å². The molecule has 3 aliphatic rings. The van der Waals surface area contributed by atoms with Crippen molar-refractivity contribution in [2.24, 2.45) is 11.3 Å². The molecule has 6 heteroatoms. The van der Waals surface area contributed by atoms with E-state index in [4.69, 9.17) is 0 Å². The van der Waals surface area contributed by atoms with Gasteiger partial charge in [-0.3, -0.25) is 4.79 Å². The third kappa shape index (κ3) is 2.94. The van der Waals surface area contributed by atoms with Gasteiger partial charge in [0.1, 0.15) is 0 Å². The molecular weight excluding hydrogens is 329 g/mol. The summed E-state index contributed by atoms with van der Waals surface area (Å²) in [5, 5.41) is 6.45. The molecule has 1 saturated heterocycles. The van der Waals surface area contributed by atoms with E-state index < -0.39 is 17.3 Å². The minimum atomic E-state index is -4.36. The molecule has 0 radical (unpaired) electrons. The summed E-state index contributed by atoms with van der Waals surface area (Å²) in [6.07, 6.45) is 0.933. The van der Waals surface area contributed by atoms with Crippen LogP contribution in [-0.4, -0.2) is 19.0 Å². The number of hydrogen-bond acceptors (Lipinski definition) is 2. The first-order valence-electron chi connectivity index (χ1n) is 9.05. The summed E-state index contributed by atoms with van der Waals surface area (Å²) in [7, 11) is 0. The second kappa shape index (κ2) is 5.73. The highest BCUT2D eigenvalue weighted by Crippen LogP contribution is 2.59.